The van der Waals surface area contributed by atoms with E-state index in [-0.39, 0.29) is 6.04 Å². The van der Waals surface area contributed by atoms with E-state index in [1.807, 2.05) is 0 Å². The van der Waals surface area contributed by atoms with Gasteiger partial charge in [-0.05, 0) is 37.1 Å². The van der Waals surface area contributed by atoms with Gasteiger partial charge in [-0.2, -0.15) is 0 Å². The zero-order valence-corrected chi connectivity index (χ0v) is 8.19. The SMILES string of the molecule is Fc1cc([C@H]2CCCCN2)cc(F)c1F. The van der Waals surface area contributed by atoms with Crippen molar-refractivity contribution in [3.05, 3.63) is 35.1 Å². The second kappa shape index (κ2) is 4.23. The van der Waals surface area contributed by atoms with Crippen molar-refractivity contribution in [2.24, 2.45) is 0 Å². The minimum atomic E-state index is -1.39. The van der Waals surface area contributed by atoms with Crippen molar-refractivity contribution in [2.45, 2.75) is 25.3 Å². The first kappa shape index (κ1) is 10.5. The van der Waals surface area contributed by atoms with E-state index >= 15 is 0 Å². The molecule has 1 nitrogen and oxygen atoms in total. The van der Waals surface area contributed by atoms with Gasteiger partial charge in [0.05, 0.1) is 0 Å². The lowest BCUT2D eigenvalue weighted by molar-refractivity contribution is 0.400. The van der Waals surface area contributed by atoms with Crippen molar-refractivity contribution >= 4 is 0 Å². The molecule has 0 amide bonds. The van der Waals surface area contributed by atoms with E-state index in [1.165, 1.54) is 0 Å². The van der Waals surface area contributed by atoms with E-state index in [4.69, 9.17) is 0 Å². The van der Waals surface area contributed by atoms with Gasteiger partial charge in [-0.25, -0.2) is 13.2 Å². The largest absolute Gasteiger partial charge is 0.310 e. The number of hydrogen-bond donors (Lipinski definition) is 1. The van der Waals surface area contributed by atoms with E-state index in [0.29, 0.717) is 5.56 Å². The summed E-state index contributed by atoms with van der Waals surface area (Å²) >= 11 is 0. The highest BCUT2D eigenvalue weighted by Gasteiger charge is 2.18. The lowest BCUT2D eigenvalue weighted by Crippen LogP contribution is -2.27. The summed E-state index contributed by atoms with van der Waals surface area (Å²) in [4.78, 5) is 0. The minimum absolute atomic E-state index is 0.0525. The molecule has 1 aliphatic rings. The van der Waals surface area contributed by atoms with Crippen LogP contribution in [-0.4, -0.2) is 6.54 Å². The molecule has 4 heteroatoms. The number of piperidine rings is 1. The van der Waals surface area contributed by atoms with Gasteiger partial charge >= 0.3 is 0 Å². The Morgan fingerprint density at radius 2 is 1.73 bits per heavy atom. The number of rotatable bonds is 1. The maximum atomic E-state index is 13.0. The molecule has 1 aromatic rings. The van der Waals surface area contributed by atoms with Crippen LogP contribution in [0.25, 0.3) is 0 Å². The third-order valence-electron chi connectivity index (χ3n) is 2.72. The summed E-state index contributed by atoms with van der Waals surface area (Å²) < 4.78 is 38.6. The van der Waals surface area contributed by atoms with Crippen molar-refractivity contribution in [1.29, 1.82) is 0 Å². The summed E-state index contributed by atoms with van der Waals surface area (Å²) in [5, 5.41) is 3.15. The highest BCUT2D eigenvalue weighted by Crippen LogP contribution is 2.25. The van der Waals surface area contributed by atoms with Gasteiger partial charge in [-0.1, -0.05) is 6.42 Å². The third kappa shape index (κ3) is 2.15. The number of halogens is 3. The van der Waals surface area contributed by atoms with Crippen LogP contribution in [0.15, 0.2) is 12.1 Å². The molecule has 1 fully saturated rings. The Morgan fingerprint density at radius 1 is 1.07 bits per heavy atom. The van der Waals surface area contributed by atoms with Crippen LogP contribution < -0.4 is 5.32 Å². The Hall–Kier alpha value is -1.03. The quantitative estimate of drug-likeness (QED) is 0.710. The summed E-state index contributed by atoms with van der Waals surface area (Å²) in [6.07, 6.45) is 2.94. The van der Waals surface area contributed by atoms with E-state index in [9.17, 15) is 13.2 Å². The first-order valence-corrected chi connectivity index (χ1v) is 5.06. The van der Waals surface area contributed by atoms with Crippen LogP contribution in [0.5, 0.6) is 0 Å². The van der Waals surface area contributed by atoms with Crippen LogP contribution in [0.2, 0.25) is 0 Å². The first-order valence-electron chi connectivity index (χ1n) is 5.06. The zero-order chi connectivity index (χ0) is 10.8. The molecule has 0 spiro atoms. The zero-order valence-electron chi connectivity index (χ0n) is 8.19. The predicted molar refractivity (Wildman–Crippen MR) is 50.9 cm³/mol. The standard InChI is InChI=1S/C11H12F3N/c12-8-5-7(6-9(13)11(8)14)10-3-1-2-4-15-10/h5-6,10,15H,1-4H2/t10-/m1/s1. The molecule has 1 heterocycles. The van der Waals surface area contributed by atoms with Crippen molar-refractivity contribution in [3.63, 3.8) is 0 Å². The third-order valence-corrected chi connectivity index (χ3v) is 2.72. The molecule has 1 aromatic carbocycles. The Balaban J connectivity index is 2.27. The molecule has 0 radical (unpaired) electrons. The molecule has 1 aliphatic heterocycles. The molecule has 1 saturated heterocycles. The van der Waals surface area contributed by atoms with E-state index < -0.39 is 17.5 Å². The van der Waals surface area contributed by atoms with Crippen molar-refractivity contribution in [1.82, 2.24) is 5.32 Å². The van der Waals surface area contributed by atoms with Crippen molar-refractivity contribution < 1.29 is 13.2 Å². The van der Waals surface area contributed by atoms with Crippen molar-refractivity contribution in [2.75, 3.05) is 6.54 Å². The molecule has 1 N–H and O–H groups in total. The average Bonchev–Trinajstić information content (AvgIpc) is 2.26. The molecule has 2 rings (SSSR count). The topological polar surface area (TPSA) is 12.0 Å². The summed E-state index contributed by atoms with van der Waals surface area (Å²) in [6.45, 7) is 0.839. The molecule has 15 heavy (non-hydrogen) atoms. The summed E-state index contributed by atoms with van der Waals surface area (Å²) in [6, 6.07) is 2.09. The predicted octanol–water partition coefficient (Wildman–Crippen LogP) is 2.92. The number of benzene rings is 1. The van der Waals surface area contributed by atoms with Crippen LogP contribution >= 0.6 is 0 Å². The van der Waals surface area contributed by atoms with Crippen LogP contribution in [0.1, 0.15) is 30.9 Å². The Bertz CT molecular complexity index is 336. The Morgan fingerprint density at radius 3 is 2.27 bits per heavy atom. The van der Waals surface area contributed by atoms with Crippen LogP contribution in [0.3, 0.4) is 0 Å². The Labute approximate surface area is 86.3 Å². The van der Waals surface area contributed by atoms with Crippen LogP contribution in [0, 0.1) is 17.5 Å². The molecular formula is C11H12F3N. The van der Waals surface area contributed by atoms with Crippen LogP contribution in [-0.2, 0) is 0 Å². The maximum absolute atomic E-state index is 13.0. The molecule has 0 aromatic heterocycles. The second-order valence-corrected chi connectivity index (χ2v) is 3.80. The molecule has 0 unspecified atom stereocenters. The normalized spacial score (nSPS) is 21.7. The van der Waals surface area contributed by atoms with Gasteiger partial charge in [-0.3, -0.25) is 0 Å². The smallest absolute Gasteiger partial charge is 0.194 e. The number of nitrogens with one attached hydrogen (secondary N) is 1. The van der Waals surface area contributed by atoms with Crippen LogP contribution in [0.4, 0.5) is 13.2 Å². The highest BCUT2D eigenvalue weighted by atomic mass is 19.2. The molecule has 0 aliphatic carbocycles. The van der Waals surface area contributed by atoms with Gasteiger partial charge < -0.3 is 5.32 Å². The lowest BCUT2D eigenvalue weighted by Gasteiger charge is -2.23. The average molecular weight is 215 g/mol. The van der Waals surface area contributed by atoms with Gasteiger partial charge in [0, 0.05) is 6.04 Å². The lowest BCUT2D eigenvalue weighted by atomic mass is 9.97. The highest BCUT2D eigenvalue weighted by molar-refractivity contribution is 5.23. The number of hydrogen-bond acceptors (Lipinski definition) is 1. The molecule has 0 bridgehead atoms. The first-order chi connectivity index (χ1) is 7.18. The van der Waals surface area contributed by atoms with Gasteiger partial charge in [0.15, 0.2) is 17.5 Å². The summed E-state index contributed by atoms with van der Waals surface area (Å²) in [7, 11) is 0. The van der Waals surface area contributed by atoms with Gasteiger partial charge in [-0.15, -0.1) is 0 Å². The van der Waals surface area contributed by atoms with Crippen molar-refractivity contribution in [3.8, 4) is 0 Å². The molecule has 0 saturated carbocycles. The molecule has 1 atom stereocenters. The fraction of sp³-hybridized carbons (Fsp3) is 0.455. The maximum Gasteiger partial charge on any atom is 0.194 e. The fourth-order valence-electron chi connectivity index (χ4n) is 1.91. The second-order valence-electron chi connectivity index (χ2n) is 3.80. The van der Waals surface area contributed by atoms with E-state index in [1.54, 1.807) is 0 Å². The van der Waals surface area contributed by atoms with Gasteiger partial charge in [0.25, 0.3) is 0 Å². The monoisotopic (exact) mass is 215 g/mol. The van der Waals surface area contributed by atoms with Gasteiger partial charge in [0.2, 0.25) is 0 Å². The summed E-state index contributed by atoms with van der Waals surface area (Å²) in [5.74, 6) is -3.62. The summed E-state index contributed by atoms with van der Waals surface area (Å²) in [5.41, 5.74) is 0.492. The van der Waals surface area contributed by atoms with Gasteiger partial charge in [0.1, 0.15) is 0 Å². The molecule has 82 valence electrons. The van der Waals surface area contributed by atoms with E-state index in [0.717, 1.165) is 37.9 Å². The van der Waals surface area contributed by atoms with E-state index in [2.05, 4.69) is 5.32 Å². The fourth-order valence-corrected chi connectivity index (χ4v) is 1.91. The molecular weight excluding hydrogens is 203 g/mol. The Kier molecular flexibility index (Phi) is 2.95. The minimum Gasteiger partial charge on any atom is -0.310 e.